The van der Waals surface area contributed by atoms with Crippen molar-refractivity contribution in [1.29, 1.82) is 0 Å². The normalized spacial score (nSPS) is 9.22. The van der Waals surface area contributed by atoms with Crippen LogP contribution in [0.5, 0.6) is 5.75 Å². The summed E-state index contributed by atoms with van der Waals surface area (Å²) in [5.74, 6) is -1.09. The molecule has 6 heteroatoms. The molecule has 92 valence electrons. The maximum absolute atomic E-state index is 11.2. The van der Waals surface area contributed by atoms with E-state index in [0.29, 0.717) is 11.1 Å². The van der Waals surface area contributed by atoms with Gasteiger partial charge in [-0.25, -0.2) is 0 Å². The molecule has 0 aromatic heterocycles. The van der Waals surface area contributed by atoms with E-state index < -0.39 is 11.9 Å². The molecule has 0 amide bonds. The molecule has 0 aliphatic carbocycles. The topological polar surface area (TPSA) is 75.7 Å². The third-order valence-electron chi connectivity index (χ3n) is 2.30. The van der Waals surface area contributed by atoms with Gasteiger partial charge in [0.25, 0.3) is 0 Å². The van der Waals surface area contributed by atoms with Gasteiger partial charge in [0.2, 0.25) is 0 Å². The van der Waals surface area contributed by atoms with Crippen LogP contribution in [0, 0.1) is 0 Å². The summed E-state index contributed by atoms with van der Waals surface area (Å²) in [5.41, 5.74) is 1.09. The third kappa shape index (κ3) is 5.08. The van der Waals surface area contributed by atoms with Crippen molar-refractivity contribution < 1.29 is 53.7 Å². The molecule has 0 bridgehead atoms. The molecule has 0 saturated carbocycles. The Morgan fingerprint density at radius 2 is 1.56 bits per heavy atom. The van der Waals surface area contributed by atoms with Crippen molar-refractivity contribution in [3.05, 3.63) is 29.3 Å². The molecule has 5 nitrogen and oxygen atoms in total. The van der Waals surface area contributed by atoms with Gasteiger partial charge in [0.15, 0.2) is 0 Å². The van der Waals surface area contributed by atoms with E-state index in [1.165, 1.54) is 32.4 Å². The van der Waals surface area contributed by atoms with E-state index >= 15 is 0 Å². The number of ether oxygens (including phenoxy) is 2. The van der Waals surface area contributed by atoms with Crippen LogP contribution in [-0.2, 0) is 31.9 Å². The molecule has 18 heavy (non-hydrogen) atoms. The molecule has 0 spiro atoms. The maximum atomic E-state index is 11.2. The van der Waals surface area contributed by atoms with Crippen LogP contribution in [0.25, 0.3) is 0 Å². The van der Waals surface area contributed by atoms with Gasteiger partial charge in [-0.15, -0.1) is 5.75 Å². The Morgan fingerprint density at radius 1 is 1.06 bits per heavy atom. The molecule has 1 aromatic carbocycles. The average molecular weight is 260 g/mol. The predicted octanol–water partition coefficient (Wildman–Crippen LogP) is -2.80. The van der Waals surface area contributed by atoms with Crippen molar-refractivity contribution in [2.75, 3.05) is 14.2 Å². The summed E-state index contributed by atoms with van der Waals surface area (Å²) in [6.07, 6.45) is 0.00200. The van der Waals surface area contributed by atoms with Gasteiger partial charge < -0.3 is 14.6 Å². The summed E-state index contributed by atoms with van der Waals surface area (Å²) in [5, 5.41) is 11.2. The molecule has 0 N–H and O–H groups in total. The fourth-order valence-electron chi connectivity index (χ4n) is 1.39. The van der Waals surface area contributed by atoms with E-state index in [9.17, 15) is 14.7 Å². The minimum Gasteiger partial charge on any atom is -0.872 e. The molecular formula is C12H13NaO5. The molecule has 0 saturated heterocycles. The summed E-state index contributed by atoms with van der Waals surface area (Å²) in [4.78, 5) is 22.3. The van der Waals surface area contributed by atoms with E-state index in [2.05, 4.69) is 9.47 Å². The summed E-state index contributed by atoms with van der Waals surface area (Å²) >= 11 is 0. The van der Waals surface area contributed by atoms with Crippen LogP contribution in [-0.4, -0.2) is 26.2 Å². The van der Waals surface area contributed by atoms with Crippen molar-refractivity contribution in [2.45, 2.75) is 12.8 Å². The Hall–Kier alpha value is -1.04. The Bertz CT molecular complexity index is 430. The SMILES string of the molecule is COC(=O)Cc1ccc([O-])cc1CC(=O)OC.[Na+]. The molecule has 0 aliphatic heterocycles. The first-order valence-electron chi connectivity index (χ1n) is 4.99. The first-order chi connectivity index (χ1) is 8.06. The Labute approximate surface area is 127 Å². The van der Waals surface area contributed by atoms with Gasteiger partial charge in [0.05, 0.1) is 27.1 Å². The van der Waals surface area contributed by atoms with Gasteiger partial charge in [-0.05, 0) is 11.1 Å². The van der Waals surface area contributed by atoms with Crippen LogP contribution in [0.1, 0.15) is 11.1 Å². The quantitative estimate of drug-likeness (QED) is 0.431. The van der Waals surface area contributed by atoms with Crippen LogP contribution in [0.3, 0.4) is 0 Å². The van der Waals surface area contributed by atoms with Gasteiger partial charge >= 0.3 is 41.5 Å². The zero-order valence-electron chi connectivity index (χ0n) is 10.7. The van der Waals surface area contributed by atoms with Crippen LogP contribution in [0.4, 0.5) is 0 Å². The molecule has 1 aromatic rings. The minimum atomic E-state index is -0.457. The number of benzene rings is 1. The molecular weight excluding hydrogens is 247 g/mol. The second-order valence-corrected chi connectivity index (χ2v) is 3.44. The Morgan fingerprint density at radius 3 is 2.06 bits per heavy atom. The summed E-state index contributed by atoms with van der Waals surface area (Å²) in [6.45, 7) is 0. The van der Waals surface area contributed by atoms with Gasteiger partial charge in [0, 0.05) is 0 Å². The number of rotatable bonds is 4. The number of carbonyl (C=O) groups excluding carboxylic acids is 2. The molecule has 0 unspecified atom stereocenters. The summed E-state index contributed by atoms with van der Waals surface area (Å²) < 4.78 is 9.06. The number of methoxy groups -OCH3 is 2. The molecule has 0 radical (unpaired) electrons. The van der Waals surface area contributed by atoms with Gasteiger partial charge in [-0.2, -0.15) is 0 Å². The number of hydrogen-bond acceptors (Lipinski definition) is 5. The molecule has 0 heterocycles. The standard InChI is InChI=1S/C12H14O5.Na/c1-16-11(14)6-8-3-4-10(13)5-9(8)7-12(15)17-2;/h3-5,13H,6-7H2,1-2H3;/q;+1/p-1. The Kier molecular flexibility index (Phi) is 7.66. The fourth-order valence-corrected chi connectivity index (χ4v) is 1.39. The number of esters is 2. The summed E-state index contributed by atoms with van der Waals surface area (Å²) in [6, 6.07) is 4.20. The number of hydrogen-bond donors (Lipinski definition) is 0. The van der Waals surface area contributed by atoms with E-state index in [1.54, 1.807) is 0 Å². The van der Waals surface area contributed by atoms with Gasteiger partial charge in [-0.1, -0.05) is 18.2 Å². The molecule has 0 fully saturated rings. The van der Waals surface area contributed by atoms with Crippen molar-refractivity contribution in [2.24, 2.45) is 0 Å². The smallest absolute Gasteiger partial charge is 0.872 e. The monoisotopic (exact) mass is 260 g/mol. The van der Waals surface area contributed by atoms with Crippen LogP contribution >= 0.6 is 0 Å². The van der Waals surface area contributed by atoms with Crippen LogP contribution in [0.2, 0.25) is 0 Å². The van der Waals surface area contributed by atoms with E-state index in [4.69, 9.17) is 0 Å². The van der Waals surface area contributed by atoms with Gasteiger partial charge in [-0.3, -0.25) is 9.59 Å². The fraction of sp³-hybridized carbons (Fsp3) is 0.333. The first-order valence-corrected chi connectivity index (χ1v) is 4.99. The van der Waals surface area contributed by atoms with Crippen molar-refractivity contribution >= 4 is 11.9 Å². The molecule has 1 rings (SSSR count). The predicted molar refractivity (Wildman–Crippen MR) is 57.3 cm³/mol. The second kappa shape index (κ2) is 8.13. The van der Waals surface area contributed by atoms with Crippen LogP contribution < -0.4 is 34.7 Å². The van der Waals surface area contributed by atoms with Crippen molar-refractivity contribution in [3.63, 3.8) is 0 Å². The van der Waals surface area contributed by atoms with E-state index in [0.717, 1.165) is 0 Å². The molecule has 0 aliphatic rings. The average Bonchev–Trinajstić information content (AvgIpc) is 2.32. The minimum absolute atomic E-state index is 0. The van der Waals surface area contributed by atoms with Crippen LogP contribution in [0.15, 0.2) is 18.2 Å². The third-order valence-corrected chi connectivity index (χ3v) is 2.30. The van der Waals surface area contributed by atoms with Crippen molar-refractivity contribution in [1.82, 2.24) is 0 Å². The zero-order chi connectivity index (χ0) is 12.8. The summed E-state index contributed by atoms with van der Waals surface area (Å²) in [7, 11) is 2.55. The van der Waals surface area contributed by atoms with E-state index in [1.807, 2.05) is 0 Å². The second-order valence-electron chi connectivity index (χ2n) is 3.44. The van der Waals surface area contributed by atoms with Gasteiger partial charge in [0.1, 0.15) is 0 Å². The van der Waals surface area contributed by atoms with E-state index in [-0.39, 0.29) is 48.1 Å². The molecule has 0 atom stereocenters. The number of carbonyl (C=O) groups is 2. The zero-order valence-corrected chi connectivity index (χ0v) is 12.7. The largest absolute Gasteiger partial charge is 1.00 e. The Balaban J connectivity index is 0.00000289. The maximum Gasteiger partial charge on any atom is 1.00 e. The first kappa shape index (κ1) is 17.0. The van der Waals surface area contributed by atoms with Crippen molar-refractivity contribution in [3.8, 4) is 5.75 Å².